The first-order valence-corrected chi connectivity index (χ1v) is 17.8. The van der Waals surface area contributed by atoms with Crippen LogP contribution in [-0.4, -0.2) is 86.7 Å². The van der Waals surface area contributed by atoms with Gasteiger partial charge in [0.15, 0.2) is 0 Å². The lowest BCUT2D eigenvalue weighted by molar-refractivity contribution is -0.140. The van der Waals surface area contributed by atoms with Gasteiger partial charge in [0.1, 0.15) is 23.7 Å². The van der Waals surface area contributed by atoms with Gasteiger partial charge in [-0.15, -0.1) is 5.10 Å². The SMILES string of the molecule is CCc1c(N2CCN(c3c[nH]n(C4CCCC4)c3=O)[C@H](C)C2)c(=O)n2nc(N3CCNCC3)nc2n1CC(=O)Nc1cc(F)c(C(F)(F)F)cc1C. The first kappa shape index (κ1) is 35.5. The Morgan fingerprint density at radius 3 is 2.44 bits per heavy atom. The van der Waals surface area contributed by atoms with Gasteiger partial charge in [-0.05, 0) is 50.8 Å². The number of aromatic amines is 1. The average Bonchev–Trinajstić information content (AvgIpc) is 3.88. The van der Waals surface area contributed by atoms with Gasteiger partial charge in [-0.1, -0.05) is 19.8 Å². The molecule has 1 aliphatic carbocycles. The molecule has 280 valence electrons. The Hall–Kier alpha value is -4.87. The number of carbonyl (C=O) groups excluding carboxylic acids is 1. The Kier molecular flexibility index (Phi) is 9.52. The van der Waals surface area contributed by atoms with Crippen LogP contribution >= 0.6 is 0 Å². The van der Waals surface area contributed by atoms with Crippen LogP contribution in [0.15, 0.2) is 27.9 Å². The summed E-state index contributed by atoms with van der Waals surface area (Å²) in [6.07, 6.45) is 1.33. The zero-order valence-electron chi connectivity index (χ0n) is 29.4. The maximum Gasteiger partial charge on any atom is 0.419 e. The van der Waals surface area contributed by atoms with Gasteiger partial charge in [0.05, 0.1) is 17.3 Å². The first-order valence-electron chi connectivity index (χ1n) is 17.8. The molecule has 1 saturated carbocycles. The van der Waals surface area contributed by atoms with Crippen molar-refractivity contribution in [1.82, 2.24) is 34.3 Å². The van der Waals surface area contributed by atoms with Crippen LogP contribution in [0.5, 0.6) is 0 Å². The van der Waals surface area contributed by atoms with Gasteiger partial charge in [-0.2, -0.15) is 22.7 Å². The fourth-order valence-corrected chi connectivity index (χ4v) is 7.82. The number of aromatic nitrogens is 6. The molecular weight excluding hydrogens is 686 g/mol. The largest absolute Gasteiger partial charge is 0.419 e. The van der Waals surface area contributed by atoms with E-state index < -0.39 is 29.0 Å². The van der Waals surface area contributed by atoms with E-state index in [1.807, 2.05) is 23.6 Å². The number of nitrogens with zero attached hydrogens (tertiary/aromatic N) is 8. The number of piperazine rings is 2. The van der Waals surface area contributed by atoms with Gasteiger partial charge < -0.3 is 35.0 Å². The number of benzene rings is 1. The molecule has 1 aromatic carbocycles. The molecule has 1 atom stereocenters. The minimum Gasteiger partial charge on any atom is -0.362 e. The summed E-state index contributed by atoms with van der Waals surface area (Å²) in [6, 6.07) is 1.34. The number of alkyl halides is 3. The number of hydrogen-bond acceptors (Lipinski definition) is 9. The topological polar surface area (TPSA) is 141 Å². The zero-order valence-corrected chi connectivity index (χ0v) is 29.4. The molecule has 0 bridgehead atoms. The molecule has 1 amide bonds. The van der Waals surface area contributed by atoms with Crippen LogP contribution in [0.25, 0.3) is 5.78 Å². The van der Waals surface area contributed by atoms with Gasteiger partial charge in [-0.25, -0.2) is 9.07 Å². The molecule has 52 heavy (non-hydrogen) atoms. The van der Waals surface area contributed by atoms with E-state index in [0.29, 0.717) is 87.4 Å². The third-order valence-corrected chi connectivity index (χ3v) is 10.5. The van der Waals surface area contributed by atoms with Crippen LogP contribution in [0.3, 0.4) is 0 Å². The molecule has 7 rings (SSSR count). The second kappa shape index (κ2) is 13.9. The Labute approximate surface area is 296 Å². The van der Waals surface area contributed by atoms with Crippen molar-refractivity contribution in [2.45, 2.75) is 77.7 Å². The number of anilines is 4. The van der Waals surface area contributed by atoms with Crippen molar-refractivity contribution in [3.8, 4) is 0 Å². The summed E-state index contributed by atoms with van der Waals surface area (Å²) >= 11 is 0. The minimum atomic E-state index is -4.89. The van der Waals surface area contributed by atoms with Gasteiger partial charge in [-0.3, -0.25) is 14.4 Å². The monoisotopic (exact) mass is 729 g/mol. The number of fused-ring (bicyclic) bond motifs is 1. The molecule has 4 aromatic rings. The smallest absolute Gasteiger partial charge is 0.362 e. The molecule has 0 radical (unpaired) electrons. The van der Waals surface area contributed by atoms with Crippen LogP contribution in [-0.2, 0) is 23.9 Å². The Balaban J connectivity index is 1.23. The lowest BCUT2D eigenvalue weighted by Gasteiger charge is -2.41. The average molecular weight is 730 g/mol. The molecular formula is C34H43F4N11O3. The predicted molar refractivity (Wildman–Crippen MR) is 188 cm³/mol. The van der Waals surface area contributed by atoms with Crippen molar-refractivity contribution in [2.75, 3.05) is 65.8 Å². The third-order valence-electron chi connectivity index (χ3n) is 10.5. The van der Waals surface area contributed by atoms with Crippen LogP contribution in [0.4, 0.5) is 40.6 Å². The highest BCUT2D eigenvalue weighted by molar-refractivity contribution is 5.91. The van der Waals surface area contributed by atoms with E-state index in [0.717, 1.165) is 25.7 Å². The molecule has 0 spiro atoms. The number of aryl methyl sites for hydroxylation is 1. The van der Waals surface area contributed by atoms with Crippen molar-refractivity contribution in [1.29, 1.82) is 0 Å². The number of nitrogens with one attached hydrogen (secondary N) is 3. The summed E-state index contributed by atoms with van der Waals surface area (Å²) in [6.45, 7) is 8.72. The van der Waals surface area contributed by atoms with E-state index in [4.69, 9.17) is 4.98 Å². The molecule has 18 heteroatoms. The fourth-order valence-electron chi connectivity index (χ4n) is 7.82. The van der Waals surface area contributed by atoms with Crippen LogP contribution in [0.2, 0.25) is 0 Å². The van der Waals surface area contributed by atoms with Crippen molar-refractivity contribution in [3.63, 3.8) is 0 Å². The van der Waals surface area contributed by atoms with Crippen LogP contribution < -0.4 is 36.5 Å². The van der Waals surface area contributed by atoms with Crippen molar-refractivity contribution in [2.24, 2.45) is 0 Å². The van der Waals surface area contributed by atoms with E-state index in [1.165, 1.54) is 11.4 Å². The minimum absolute atomic E-state index is 0.0382. The van der Waals surface area contributed by atoms with E-state index >= 15 is 0 Å². The van der Waals surface area contributed by atoms with Crippen molar-refractivity contribution < 1.29 is 22.4 Å². The highest BCUT2D eigenvalue weighted by atomic mass is 19.4. The van der Waals surface area contributed by atoms with E-state index in [9.17, 15) is 31.9 Å². The van der Waals surface area contributed by atoms with Crippen LogP contribution in [0, 0.1) is 12.7 Å². The number of rotatable bonds is 8. The Bertz CT molecular complexity index is 2090. The second-order valence-corrected chi connectivity index (χ2v) is 13.9. The molecule has 2 aliphatic heterocycles. The fraction of sp³-hybridized carbons (Fsp3) is 0.559. The van der Waals surface area contributed by atoms with Gasteiger partial charge in [0, 0.05) is 63.7 Å². The van der Waals surface area contributed by atoms with Gasteiger partial charge >= 0.3 is 6.18 Å². The predicted octanol–water partition coefficient (Wildman–Crippen LogP) is 3.29. The van der Waals surface area contributed by atoms with Gasteiger partial charge in [0.25, 0.3) is 11.1 Å². The Morgan fingerprint density at radius 2 is 1.77 bits per heavy atom. The lowest BCUT2D eigenvalue weighted by atomic mass is 10.1. The molecule has 3 fully saturated rings. The number of hydrogen-bond donors (Lipinski definition) is 3. The maximum atomic E-state index is 14.5. The number of amides is 1. The van der Waals surface area contributed by atoms with Crippen molar-refractivity contribution in [3.05, 3.63) is 61.7 Å². The summed E-state index contributed by atoms with van der Waals surface area (Å²) in [7, 11) is 0. The Morgan fingerprint density at radius 1 is 1.04 bits per heavy atom. The lowest BCUT2D eigenvalue weighted by Crippen LogP contribution is -2.55. The molecule has 14 nitrogen and oxygen atoms in total. The summed E-state index contributed by atoms with van der Waals surface area (Å²) < 4.78 is 59.0. The summed E-state index contributed by atoms with van der Waals surface area (Å²) in [5, 5.41) is 13.6. The van der Waals surface area contributed by atoms with E-state index in [-0.39, 0.29) is 41.2 Å². The third kappa shape index (κ3) is 6.52. The van der Waals surface area contributed by atoms with Gasteiger partial charge in [0.2, 0.25) is 17.6 Å². The number of carbonyl (C=O) groups is 1. The van der Waals surface area contributed by atoms with E-state index in [2.05, 4.69) is 25.7 Å². The molecule has 2 saturated heterocycles. The maximum absolute atomic E-state index is 14.5. The number of halogens is 4. The molecule has 3 aromatic heterocycles. The molecule has 3 N–H and O–H groups in total. The zero-order chi connectivity index (χ0) is 36.9. The first-order chi connectivity index (χ1) is 24.8. The molecule has 0 unspecified atom stereocenters. The number of H-pyrrole nitrogens is 1. The van der Waals surface area contributed by atoms with Crippen LogP contribution in [0.1, 0.15) is 62.4 Å². The quantitative estimate of drug-likeness (QED) is 0.233. The molecule has 5 heterocycles. The summed E-state index contributed by atoms with van der Waals surface area (Å²) in [5.74, 6) is -1.68. The highest BCUT2D eigenvalue weighted by Gasteiger charge is 2.35. The standard InChI is InChI=1S/C34H43F4N11O3/c1-4-26-29(45-13-14-46(21(3)18-45)27-17-40-48(30(27)51)22-7-5-6-8-22)31(52)49-33(42-32(43-49)44-11-9-39-10-12-44)47(26)19-28(50)41-25-16-24(35)23(15-20(25)2)34(36,37)38/h15-17,21-22,39-40H,4-14,18-19H2,1-3H3,(H,41,50)/t21-/m1/s1. The van der Waals surface area contributed by atoms with E-state index in [1.54, 1.807) is 15.4 Å². The molecule has 3 aliphatic rings. The summed E-state index contributed by atoms with van der Waals surface area (Å²) in [5.41, 5.74) is -0.477. The normalized spacial score (nSPS) is 18.9. The summed E-state index contributed by atoms with van der Waals surface area (Å²) in [4.78, 5) is 52.1. The highest BCUT2D eigenvalue weighted by Crippen LogP contribution is 2.34. The second-order valence-electron chi connectivity index (χ2n) is 13.9. The van der Waals surface area contributed by atoms with Crippen molar-refractivity contribution >= 4 is 34.7 Å².